The van der Waals surface area contributed by atoms with E-state index in [0.717, 1.165) is 17.9 Å². The summed E-state index contributed by atoms with van der Waals surface area (Å²) in [6.45, 7) is 0.645. The molecule has 0 saturated carbocycles. The highest BCUT2D eigenvalue weighted by atomic mass is 16.6. The quantitative estimate of drug-likeness (QED) is 0.488. The van der Waals surface area contributed by atoms with Crippen molar-refractivity contribution in [2.24, 2.45) is 0 Å². The molecule has 0 spiro atoms. The highest BCUT2D eigenvalue weighted by Gasteiger charge is 2.32. The van der Waals surface area contributed by atoms with E-state index in [1.807, 2.05) is 0 Å². The van der Waals surface area contributed by atoms with Gasteiger partial charge in [0.25, 0.3) is 0 Å². The van der Waals surface area contributed by atoms with Gasteiger partial charge in [0.15, 0.2) is 5.60 Å². The molecule has 1 rings (SSSR count). The van der Waals surface area contributed by atoms with Gasteiger partial charge in [-0.15, -0.1) is 0 Å². The third kappa shape index (κ3) is 2.47. The van der Waals surface area contributed by atoms with Crippen LogP contribution in [0, 0.1) is 10.1 Å². The predicted octanol–water partition coefficient (Wildman–Crippen LogP) is -0.978. The van der Waals surface area contributed by atoms with Crippen molar-refractivity contribution in [1.29, 1.82) is 0 Å². The first-order valence-electron chi connectivity index (χ1n) is 3.82. The summed E-state index contributed by atoms with van der Waals surface area (Å²) in [6.07, 6.45) is 0.982. The van der Waals surface area contributed by atoms with Gasteiger partial charge in [-0.25, -0.2) is 4.79 Å². The first-order valence-corrected chi connectivity index (χ1v) is 3.82. The molecule has 1 aromatic heterocycles. The van der Waals surface area contributed by atoms with E-state index < -0.39 is 29.0 Å². The minimum absolute atomic E-state index is 0.414. The summed E-state index contributed by atoms with van der Waals surface area (Å²) in [5, 5.41) is 31.5. The molecule has 1 atom stereocenters. The lowest BCUT2D eigenvalue weighted by Crippen LogP contribution is -2.39. The van der Waals surface area contributed by atoms with Gasteiger partial charge >= 0.3 is 11.9 Å². The number of aliphatic hydroxyl groups is 1. The summed E-state index contributed by atoms with van der Waals surface area (Å²) < 4.78 is 0.895. The molecule has 2 N–H and O–H groups in total. The van der Waals surface area contributed by atoms with Gasteiger partial charge in [0, 0.05) is 5.10 Å². The second-order valence-electron chi connectivity index (χ2n) is 3.08. The molecule has 0 aromatic carbocycles. The van der Waals surface area contributed by atoms with Crippen molar-refractivity contribution in [3.8, 4) is 0 Å². The number of rotatable bonds is 4. The number of nitrogens with zero attached hydrogens (tertiary/aromatic N) is 4. The number of aromatic nitrogens is 3. The molecule has 1 unspecified atom stereocenters. The minimum Gasteiger partial charge on any atom is -0.479 e. The summed E-state index contributed by atoms with van der Waals surface area (Å²) in [5.74, 6) is -2.09. The molecule has 1 aromatic rings. The van der Waals surface area contributed by atoms with E-state index in [4.69, 9.17) is 5.11 Å². The Morgan fingerprint density at radius 2 is 2.40 bits per heavy atom. The topological polar surface area (TPSA) is 131 Å². The first kappa shape index (κ1) is 11.0. The molecule has 0 amide bonds. The number of aliphatic carboxylic acids is 1. The van der Waals surface area contributed by atoms with Crippen LogP contribution in [0.5, 0.6) is 0 Å². The average molecular weight is 216 g/mol. The predicted molar refractivity (Wildman–Crippen MR) is 44.9 cm³/mol. The second kappa shape index (κ2) is 3.61. The fourth-order valence-electron chi connectivity index (χ4n) is 0.828. The van der Waals surface area contributed by atoms with Crippen molar-refractivity contribution in [2.45, 2.75) is 19.1 Å². The van der Waals surface area contributed by atoms with Crippen LogP contribution >= 0.6 is 0 Å². The van der Waals surface area contributed by atoms with Gasteiger partial charge in [0.2, 0.25) is 6.33 Å². The Kier molecular flexibility index (Phi) is 2.66. The van der Waals surface area contributed by atoms with E-state index in [1.165, 1.54) is 0 Å². The van der Waals surface area contributed by atoms with Crippen LogP contribution in [0.2, 0.25) is 0 Å². The Bertz CT molecular complexity index is 398. The van der Waals surface area contributed by atoms with Crippen LogP contribution in [0.25, 0.3) is 0 Å². The Balaban J connectivity index is 2.82. The number of hydrogen-bond acceptors (Lipinski definition) is 6. The molecule has 1 heterocycles. The molecule has 82 valence electrons. The number of carbonyl (C=O) groups is 1. The summed E-state index contributed by atoms with van der Waals surface area (Å²) in [4.78, 5) is 23.2. The lowest BCUT2D eigenvalue weighted by Gasteiger charge is -2.15. The Hall–Kier alpha value is -2.03. The van der Waals surface area contributed by atoms with Crippen molar-refractivity contribution < 1.29 is 19.9 Å². The standard InChI is InChI=1S/C6H8N4O5/c1-6(13,4(11)12)2-9-3-7-5(8-9)10(14)15/h3,13H,2H2,1H3,(H,11,12). The molecule has 15 heavy (non-hydrogen) atoms. The molecule has 0 aliphatic heterocycles. The molecule has 0 aliphatic carbocycles. The summed E-state index contributed by atoms with van der Waals surface area (Å²) >= 11 is 0. The molecule has 0 saturated heterocycles. The van der Waals surface area contributed by atoms with Crippen molar-refractivity contribution in [3.63, 3.8) is 0 Å². The third-order valence-corrected chi connectivity index (χ3v) is 1.62. The highest BCUT2D eigenvalue weighted by Crippen LogP contribution is 2.08. The van der Waals surface area contributed by atoms with Crippen LogP contribution in [0.1, 0.15) is 6.92 Å². The van der Waals surface area contributed by atoms with Gasteiger partial charge in [0.05, 0.1) is 6.54 Å². The van der Waals surface area contributed by atoms with Crippen LogP contribution < -0.4 is 0 Å². The Morgan fingerprint density at radius 1 is 1.80 bits per heavy atom. The Labute approximate surface area is 83.1 Å². The van der Waals surface area contributed by atoms with E-state index >= 15 is 0 Å². The summed E-state index contributed by atoms with van der Waals surface area (Å²) in [6, 6.07) is 0. The maximum Gasteiger partial charge on any atom is 0.490 e. The number of carboxylic acid groups (broad SMARTS) is 1. The highest BCUT2D eigenvalue weighted by molar-refractivity contribution is 5.76. The summed E-state index contributed by atoms with van der Waals surface area (Å²) in [5.41, 5.74) is -2.04. The molecule has 9 heteroatoms. The summed E-state index contributed by atoms with van der Waals surface area (Å²) in [7, 11) is 0. The minimum atomic E-state index is -2.04. The Morgan fingerprint density at radius 3 is 2.80 bits per heavy atom. The maximum atomic E-state index is 10.5. The zero-order chi connectivity index (χ0) is 11.6. The largest absolute Gasteiger partial charge is 0.490 e. The van der Waals surface area contributed by atoms with Gasteiger partial charge in [-0.05, 0) is 11.8 Å². The van der Waals surface area contributed by atoms with Gasteiger partial charge in [-0.2, -0.15) is 4.68 Å². The van der Waals surface area contributed by atoms with Crippen LogP contribution in [0.4, 0.5) is 5.95 Å². The lowest BCUT2D eigenvalue weighted by atomic mass is 10.1. The fraction of sp³-hybridized carbons (Fsp3) is 0.500. The maximum absolute atomic E-state index is 10.5. The van der Waals surface area contributed by atoms with E-state index in [2.05, 4.69) is 10.1 Å². The molecular formula is C6H8N4O5. The molecule has 9 nitrogen and oxygen atoms in total. The van der Waals surface area contributed by atoms with Crippen molar-refractivity contribution in [3.05, 3.63) is 16.4 Å². The molecular weight excluding hydrogens is 208 g/mol. The van der Waals surface area contributed by atoms with E-state index in [9.17, 15) is 20.0 Å². The average Bonchev–Trinajstić information content (AvgIpc) is 2.51. The second-order valence-corrected chi connectivity index (χ2v) is 3.08. The number of nitro groups is 1. The van der Waals surface area contributed by atoms with Crippen LogP contribution in [0.15, 0.2) is 6.33 Å². The zero-order valence-electron chi connectivity index (χ0n) is 7.69. The smallest absolute Gasteiger partial charge is 0.479 e. The van der Waals surface area contributed by atoms with E-state index in [-0.39, 0.29) is 0 Å². The SMILES string of the molecule is CC(O)(Cn1cnc([N+](=O)[O-])n1)C(=O)O. The van der Waals surface area contributed by atoms with Crippen molar-refractivity contribution in [2.75, 3.05) is 0 Å². The van der Waals surface area contributed by atoms with Gasteiger partial charge in [-0.1, -0.05) is 4.98 Å². The van der Waals surface area contributed by atoms with Gasteiger partial charge in [0.1, 0.15) is 0 Å². The zero-order valence-corrected chi connectivity index (χ0v) is 7.69. The first-order chi connectivity index (χ1) is 6.83. The van der Waals surface area contributed by atoms with Crippen LogP contribution in [-0.2, 0) is 11.3 Å². The van der Waals surface area contributed by atoms with Crippen LogP contribution in [0.3, 0.4) is 0 Å². The molecule has 0 fully saturated rings. The van der Waals surface area contributed by atoms with Gasteiger partial charge in [-0.3, -0.25) is 0 Å². The molecule has 0 aliphatic rings. The number of carboxylic acids is 1. The molecule has 0 bridgehead atoms. The lowest BCUT2D eigenvalue weighted by molar-refractivity contribution is -0.394. The van der Waals surface area contributed by atoms with E-state index in [1.54, 1.807) is 0 Å². The normalized spacial score (nSPS) is 14.5. The van der Waals surface area contributed by atoms with Gasteiger partial charge < -0.3 is 20.3 Å². The van der Waals surface area contributed by atoms with E-state index in [0.29, 0.717) is 0 Å². The third-order valence-electron chi connectivity index (χ3n) is 1.62. The number of hydrogen-bond donors (Lipinski definition) is 2. The fourth-order valence-corrected chi connectivity index (χ4v) is 0.828. The van der Waals surface area contributed by atoms with Crippen LogP contribution in [-0.4, -0.2) is 41.5 Å². The monoisotopic (exact) mass is 216 g/mol. The van der Waals surface area contributed by atoms with Crippen molar-refractivity contribution in [1.82, 2.24) is 14.8 Å². The molecule has 0 radical (unpaired) electrons. The van der Waals surface area contributed by atoms with Crippen molar-refractivity contribution >= 4 is 11.9 Å².